The van der Waals surface area contributed by atoms with Crippen molar-refractivity contribution in [2.24, 2.45) is 5.92 Å². The van der Waals surface area contributed by atoms with Crippen molar-refractivity contribution in [2.75, 3.05) is 6.26 Å². The molecule has 110 valence electrons. The molecule has 0 aliphatic heterocycles. The minimum atomic E-state index is -1.08. The summed E-state index contributed by atoms with van der Waals surface area (Å²) in [4.78, 5) is 31.2. The summed E-state index contributed by atoms with van der Waals surface area (Å²) in [6, 6.07) is -0.976. The molecule has 8 heteroatoms. The molecule has 1 aromatic rings. The van der Waals surface area contributed by atoms with Gasteiger partial charge in [0, 0.05) is 0 Å². The summed E-state index contributed by atoms with van der Waals surface area (Å²) < 4.78 is 0. The molecule has 20 heavy (non-hydrogen) atoms. The molecule has 0 aromatic carbocycles. The topological polar surface area (TPSA) is 92.2 Å². The number of aromatic nitrogens is 2. The molecule has 6 nitrogen and oxygen atoms in total. The van der Waals surface area contributed by atoms with E-state index < -0.39 is 17.9 Å². The van der Waals surface area contributed by atoms with Gasteiger partial charge in [-0.1, -0.05) is 43.6 Å². The third kappa shape index (κ3) is 4.08. The second-order valence-corrected chi connectivity index (χ2v) is 5.41. The van der Waals surface area contributed by atoms with Gasteiger partial charge in [0.25, 0.3) is 5.91 Å². The van der Waals surface area contributed by atoms with Gasteiger partial charge in [-0.2, -0.15) is 0 Å². The number of carbonyl (C=O) groups excluding carboxylic acids is 1. The Labute approximate surface area is 126 Å². The first-order chi connectivity index (χ1) is 9.40. The van der Waals surface area contributed by atoms with Crippen LogP contribution in [0, 0.1) is 5.92 Å². The molecule has 0 fully saturated rings. The smallest absolute Gasteiger partial charge is 0.326 e. The molecule has 0 bridgehead atoms. The van der Waals surface area contributed by atoms with E-state index in [1.807, 2.05) is 6.92 Å². The van der Waals surface area contributed by atoms with Crippen LogP contribution in [0.2, 0.25) is 5.02 Å². The molecule has 1 rings (SSSR count). The lowest BCUT2D eigenvalue weighted by Gasteiger charge is -2.20. The Morgan fingerprint density at radius 2 is 2.20 bits per heavy atom. The van der Waals surface area contributed by atoms with Crippen LogP contribution in [0.4, 0.5) is 0 Å². The summed E-state index contributed by atoms with van der Waals surface area (Å²) >= 11 is 7.15. The molecular weight excluding hydrogens is 302 g/mol. The van der Waals surface area contributed by atoms with Crippen LogP contribution in [0.5, 0.6) is 0 Å². The zero-order valence-electron chi connectivity index (χ0n) is 11.4. The molecule has 2 N–H and O–H groups in total. The summed E-state index contributed by atoms with van der Waals surface area (Å²) in [5, 5.41) is 12.1. The van der Waals surface area contributed by atoms with Gasteiger partial charge in [0.1, 0.15) is 6.04 Å². The van der Waals surface area contributed by atoms with Crippen molar-refractivity contribution in [1.29, 1.82) is 0 Å². The Morgan fingerprint density at radius 3 is 2.70 bits per heavy atom. The summed E-state index contributed by atoms with van der Waals surface area (Å²) in [5.74, 6) is -1.89. The van der Waals surface area contributed by atoms with E-state index in [1.165, 1.54) is 18.0 Å². The fourth-order valence-electron chi connectivity index (χ4n) is 1.50. The highest BCUT2D eigenvalue weighted by molar-refractivity contribution is 7.98. The largest absolute Gasteiger partial charge is 0.480 e. The van der Waals surface area contributed by atoms with Gasteiger partial charge >= 0.3 is 5.97 Å². The molecule has 1 aromatic heterocycles. The molecule has 2 unspecified atom stereocenters. The maximum atomic E-state index is 12.1. The van der Waals surface area contributed by atoms with Gasteiger partial charge < -0.3 is 10.4 Å². The van der Waals surface area contributed by atoms with Crippen molar-refractivity contribution in [2.45, 2.75) is 31.5 Å². The molecule has 2 atom stereocenters. The highest BCUT2D eigenvalue weighted by atomic mass is 35.5. The number of thioether (sulfide) groups is 1. The zero-order valence-corrected chi connectivity index (χ0v) is 13.0. The van der Waals surface area contributed by atoms with E-state index in [1.54, 1.807) is 13.2 Å². The lowest BCUT2D eigenvalue weighted by molar-refractivity contribution is -0.140. The van der Waals surface area contributed by atoms with Crippen LogP contribution in [0.25, 0.3) is 0 Å². The first kappa shape index (κ1) is 16.7. The van der Waals surface area contributed by atoms with Gasteiger partial charge in [-0.05, 0) is 12.2 Å². The summed E-state index contributed by atoms with van der Waals surface area (Å²) in [6.45, 7) is 3.62. The second-order valence-electron chi connectivity index (χ2n) is 4.23. The highest BCUT2D eigenvalue weighted by Crippen LogP contribution is 2.17. The number of hydrogen-bond donors (Lipinski definition) is 2. The Hall–Kier alpha value is -1.34. The number of halogens is 1. The Kier molecular flexibility index (Phi) is 6.22. The second kappa shape index (κ2) is 7.44. The van der Waals surface area contributed by atoms with Crippen LogP contribution in [-0.2, 0) is 4.79 Å². The average molecular weight is 318 g/mol. The van der Waals surface area contributed by atoms with Crippen molar-refractivity contribution in [3.8, 4) is 0 Å². The van der Waals surface area contributed by atoms with Crippen LogP contribution in [-0.4, -0.2) is 39.2 Å². The normalized spacial score (nSPS) is 13.6. The molecule has 0 aliphatic carbocycles. The summed E-state index contributed by atoms with van der Waals surface area (Å²) in [6.07, 6.45) is 3.73. The van der Waals surface area contributed by atoms with E-state index in [0.29, 0.717) is 11.6 Å². The van der Waals surface area contributed by atoms with Crippen LogP contribution in [0.15, 0.2) is 11.4 Å². The molecule has 0 saturated carbocycles. The van der Waals surface area contributed by atoms with Crippen molar-refractivity contribution in [3.05, 3.63) is 16.9 Å². The average Bonchev–Trinajstić information content (AvgIpc) is 2.43. The lowest BCUT2D eigenvalue weighted by Crippen LogP contribution is -2.45. The number of carbonyl (C=O) groups is 2. The zero-order chi connectivity index (χ0) is 15.3. The van der Waals surface area contributed by atoms with Crippen molar-refractivity contribution in [3.63, 3.8) is 0 Å². The maximum Gasteiger partial charge on any atom is 0.326 e. The minimum absolute atomic E-state index is 0.0134. The van der Waals surface area contributed by atoms with Gasteiger partial charge in [-0.3, -0.25) is 4.79 Å². The third-order valence-electron chi connectivity index (χ3n) is 2.89. The predicted octanol–water partition coefficient (Wildman–Crippen LogP) is 2.08. The number of nitrogens with one attached hydrogen (secondary N) is 1. The van der Waals surface area contributed by atoms with E-state index in [9.17, 15) is 9.59 Å². The molecule has 0 spiro atoms. The first-order valence-electron chi connectivity index (χ1n) is 6.00. The molecule has 0 saturated heterocycles. The molecule has 1 heterocycles. The van der Waals surface area contributed by atoms with E-state index in [-0.39, 0.29) is 16.6 Å². The fraction of sp³-hybridized carbons (Fsp3) is 0.500. The minimum Gasteiger partial charge on any atom is -0.480 e. The SMILES string of the molecule is CCC(C)C(NC(=O)c1nc(SC)ncc1Cl)C(=O)O. The molecule has 0 radical (unpaired) electrons. The number of amides is 1. The van der Waals surface area contributed by atoms with Crippen LogP contribution in [0.3, 0.4) is 0 Å². The van der Waals surface area contributed by atoms with Crippen LogP contribution in [0.1, 0.15) is 30.8 Å². The Morgan fingerprint density at radius 1 is 1.55 bits per heavy atom. The standard InChI is InChI=1S/C12H16ClN3O3S/c1-4-6(2)8(11(18)19)15-10(17)9-7(13)5-14-12(16-9)20-3/h5-6,8H,4H2,1-3H3,(H,15,17)(H,18,19). The van der Waals surface area contributed by atoms with E-state index in [4.69, 9.17) is 16.7 Å². The lowest BCUT2D eigenvalue weighted by atomic mass is 9.99. The van der Waals surface area contributed by atoms with Crippen molar-refractivity contribution >= 4 is 35.2 Å². The van der Waals surface area contributed by atoms with Crippen LogP contribution >= 0.6 is 23.4 Å². The van der Waals surface area contributed by atoms with Gasteiger partial charge in [0.2, 0.25) is 0 Å². The highest BCUT2D eigenvalue weighted by Gasteiger charge is 2.27. The van der Waals surface area contributed by atoms with Gasteiger partial charge in [-0.15, -0.1) is 0 Å². The van der Waals surface area contributed by atoms with E-state index in [2.05, 4.69) is 15.3 Å². The third-order valence-corrected chi connectivity index (χ3v) is 3.72. The fourth-order valence-corrected chi connectivity index (χ4v) is 2.02. The van der Waals surface area contributed by atoms with Crippen molar-refractivity contribution < 1.29 is 14.7 Å². The molecule has 0 aliphatic rings. The molecule has 1 amide bonds. The summed E-state index contributed by atoms with van der Waals surface area (Å²) in [7, 11) is 0. The summed E-state index contributed by atoms with van der Waals surface area (Å²) in [5.41, 5.74) is -0.0134. The number of aliphatic carboxylic acids is 1. The number of carboxylic acids is 1. The molecular formula is C12H16ClN3O3S. The number of nitrogens with zero attached hydrogens (tertiary/aromatic N) is 2. The number of carboxylic acid groups (broad SMARTS) is 1. The quantitative estimate of drug-likeness (QED) is 0.616. The van der Waals surface area contributed by atoms with Gasteiger partial charge in [-0.25, -0.2) is 14.8 Å². The predicted molar refractivity (Wildman–Crippen MR) is 77.2 cm³/mol. The first-order valence-corrected chi connectivity index (χ1v) is 7.61. The van der Waals surface area contributed by atoms with Crippen LogP contribution < -0.4 is 5.32 Å². The maximum absolute atomic E-state index is 12.1. The van der Waals surface area contributed by atoms with Gasteiger partial charge in [0.15, 0.2) is 10.9 Å². The number of rotatable bonds is 6. The number of hydrogen-bond acceptors (Lipinski definition) is 5. The van der Waals surface area contributed by atoms with Crippen molar-refractivity contribution in [1.82, 2.24) is 15.3 Å². The monoisotopic (exact) mass is 317 g/mol. The van der Waals surface area contributed by atoms with E-state index in [0.717, 1.165) is 0 Å². The Balaban J connectivity index is 2.97. The van der Waals surface area contributed by atoms with E-state index >= 15 is 0 Å². The van der Waals surface area contributed by atoms with Gasteiger partial charge in [0.05, 0.1) is 11.2 Å². The Bertz CT molecular complexity index is 513.